The normalized spacial score (nSPS) is 8.96. The van der Waals surface area contributed by atoms with Crippen LogP contribution >= 0.6 is 0 Å². The Bertz CT molecular complexity index is 348. The fourth-order valence-corrected chi connectivity index (χ4v) is 0.224. The van der Waals surface area contributed by atoms with Crippen LogP contribution in [0.4, 0.5) is 0 Å². The van der Waals surface area contributed by atoms with Crippen molar-refractivity contribution in [2.24, 2.45) is 16.0 Å². The Kier molecular flexibility index (Phi) is 32.3. The highest BCUT2D eigenvalue weighted by atomic mass is 16.6. The molecule has 0 rings (SSSR count). The molecule has 0 saturated carbocycles. The first-order valence-electron chi connectivity index (χ1n) is 9.10. The first-order valence-corrected chi connectivity index (χ1v) is 9.10. The lowest BCUT2D eigenvalue weighted by Crippen LogP contribution is -2.01. The molecule has 0 spiro atoms. The molecule has 3 nitrogen and oxygen atoms in total. The van der Waals surface area contributed by atoms with Crippen LogP contribution < -0.4 is 0 Å². The molecule has 0 N–H and O–H groups in total. The third kappa shape index (κ3) is 115. The molecule has 0 amide bonds. The minimum Gasteiger partial charge on any atom is -0.399 e. The largest absolute Gasteiger partial charge is 0.399 e. The summed E-state index contributed by atoms with van der Waals surface area (Å²) in [6, 6.07) is 0. The van der Waals surface area contributed by atoms with Crippen LogP contribution in [0, 0.1) is 35.5 Å². The van der Waals surface area contributed by atoms with Gasteiger partial charge in [0.2, 0.25) is 0 Å². The van der Waals surface area contributed by atoms with E-state index in [1.54, 1.807) is 7.11 Å². The Labute approximate surface area is 166 Å². The molecule has 0 unspecified atom stereocenters. The van der Waals surface area contributed by atoms with Crippen LogP contribution in [0.15, 0.2) is 5.16 Å². The van der Waals surface area contributed by atoms with E-state index in [2.05, 4.69) is 63.4 Å². The van der Waals surface area contributed by atoms with Crippen LogP contribution in [0.2, 0.25) is 0 Å². The minimum absolute atomic E-state index is 0.361. The number of ether oxygens (including phenoxy) is 1. The van der Waals surface area contributed by atoms with Crippen molar-refractivity contribution < 1.29 is 9.57 Å². The second-order valence-electron chi connectivity index (χ2n) is 8.13. The predicted octanol–water partition coefficient (Wildman–Crippen LogP) is 6.82. The molecule has 0 bridgehead atoms. The molecule has 0 radical (unpaired) electrons. The van der Waals surface area contributed by atoms with Crippen molar-refractivity contribution >= 4 is 5.71 Å². The van der Waals surface area contributed by atoms with Crippen molar-refractivity contribution in [2.75, 3.05) is 14.2 Å². The molecular weight excluding hydrogens is 322 g/mol. The monoisotopic (exact) mass is 369 g/mol. The van der Waals surface area contributed by atoms with E-state index < -0.39 is 0 Å². The lowest BCUT2D eigenvalue weighted by atomic mass is 9.97. The average Bonchev–Trinajstić information content (AvgIpc) is 2.47. The summed E-state index contributed by atoms with van der Waals surface area (Å²) >= 11 is 0. The van der Waals surface area contributed by atoms with Gasteiger partial charge in [-0.2, -0.15) is 0 Å². The Balaban J connectivity index is -0.0000000724. The van der Waals surface area contributed by atoms with Gasteiger partial charge in [0, 0.05) is 7.11 Å². The molecule has 26 heavy (non-hydrogen) atoms. The van der Waals surface area contributed by atoms with E-state index in [0.29, 0.717) is 11.5 Å². The Morgan fingerprint density at radius 3 is 1.15 bits per heavy atom. The van der Waals surface area contributed by atoms with Gasteiger partial charge in [0.05, 0.1) is 17.2 Å². The quantitative estimate of drug-likeness (QED) is 0.304. The van der Waals surface area contributed by atoms with Gasteiger partial charge in [-0.15, -0.1) is 12.8 Å². The van der Waals surface area contributed by atoms with Crippen molar-refractivity contribution in [2.45, 2.75) is 95.6 Å². The van der Waals surface area contributed by atoms with E-state index in [1.807, 2.05) is 41.5 Å². The van der Waals surface area contributed by atoms with Gasteiger partial charge in [0.1, 0.15) is 7.11 Å². The fourth-order valence-electron chi connectivity index (χ4n) is 0.224. The van der Waals surface area contributed by atoms with Gasteiger partial charge in [-0.3, -0.25) is 0 Å². The maximum atomic E-state index is 5.02. The van der Waals surface area contributed by atoms with Crippen LogP contribution in [-0.2, 0) is 9.57 Å². The summed E-state index contributed by atoms with van der Waals surface area (Å²) in [6.07, 6.45) is 11.7. The number of rotatable bonds is 2. The first kappa shape index (κ1) is 35.6. The molecular formula is C23H47NO2. The van der Waals surface area contributed by atoms with E-state index in [0.717, 1.165) is 5.71 Å². The summed E-state index contributed by atoms with van der Waals surface area (Å²) in [5.74, 6) is 4.91. The molecule has 0 aliphatic carbocycles. The second kappa shape index (κ2) is 23.5. The smallest absolute Gasteiger partial charge is 0.106 e. The van der Waals surface area contributed by atoms with E-state index in [4.69, 9.17) is 17.6 Å². The standard InChI is InChI=1S/C7H8.C5H12.C4H9NO.C4H10O.C3H8/c1-5-7(3,4)6-2;1-5(2,3)4;1-4(2)5-6-3;1-4(2)5-3;1-3-2/h1-2H,3-4H3;1-4H3;1-3H3;4H,1-3H3;3H2,1-2H3. The van der Waals surface area contributed by atoms with E-state index in [1.165, 1.54) is 13.5 Å². The zero-order valence-corrected chi connectivity index (χ0v) is 20.2. The maximum Gasteiger partial charge on any atom is 0.106 e. The van der Waals surface area contributed by atoms with Crippen molar-refractivity contribution in [3.8, 4) is 24.7 Å². The van der Waals surface area contributed by atoms with Gasteiger partial charge in [-0.05, 0) is 47.0 Å². The van der Waals surface area contributed by atoms with Crippen LogP contribution in [0.25, 0.3) is 0 Å². The predicted molar refractivity (Wildman–Crippen MR) is 120 cm³/mol. The second-order valence-corrected chi connectivity index (χ2v) is 8.13. The summed E-state index contributed by atoms with van der Waals surface area (Å²) in [5.41, 5.74) is 1.08. The zero-order chi connectivity index (χ0) is 22.4. The summed E-state index contributed by atoms with van der Waals surface area (Å²) in [7, 11) is 3.23. The van der Waals surface area contributed by atoms with Gasteiger partial charge in [-0.25, -0.2) is 0 Å². The SMILES string of the molecule is C#CC(C)(C)C#C.CC(C)(C)C.CCC.COC(C)C.CON=C(C)C. The van der Waals surface area contributed by atoms with Gasteiger partial charge in [-0.1, -0.05) is 65.0 Å². The molecule has 0 atom stereocenters. The molecule has 0 aromatic carbocycles. The lowest BCUT2D eigenvalue weighted by Gasteiger charge is -2.05. The van der Waals surface area contributed by atoms with Crippen molar-refractivity contribution in [1.29, 1.82) is 0 Å². The Hall–Kier alpha value is -1.45. The highest BCUT2D eigenvalue weighted by molar-refractivity contribution is 5.78. The molecule has 0 aromatic rings. The molecule has 0 aliphatic heterocycles. The van der Waals surface area contributed by atoms with Crippen LogP contribution in [-0.4, -0.2) is 26.0 Å². The van der Waals surface area contributed by atoms with Crippen LogP contribution in [0.1, 0.15) is 89.5 Å². The number of methoxy groups -OCH3 is 1. The number of hydrogen-bond donors (Lipinski definition) is 0. The van der Waals surface area contributed by atoms with Gasteiger partial charge in [0.15, 0.2) is 0 Å². The van der Waals surface area contributed by atoms with Gasteiger partial charge >= 0.3 is 0 Å². The number of nitrogens with zero attached hydrogens (tertiary/aromatic N) is 1. The third-order valence-corrected chi connectivity index (χ3v) is 1.47. The van der Waals surface area contributed by atoms with Crippen molar-refractivity contribution in [1.82, 2.24) is 0 Å². The maximum absolute atomic E-state index is 5.02. The molecule has 0 aliphatic rings. The minimum atomic E-state index is -0.361. The number of terminal acetylenes is 2. The molecule has 0 aromatic heterocycles. The molecule has 0 saturated heterocycles. The Morgan fingerprint density at radius 2 is 1.15 bits per heavy atom. The van der Waals surface area contributed by atoms with E-state index in [-0.39, 0.29) is 5.41 Å². The Morgan fingerprint density at radius 1 is 0.923 bits per heavy atom. The molecule has 3 heteroatoms. The first-order chi connectivity index (χ1) is 11.6. The summed E-state index contributed by atoms with van der Waals surface area (Å²) in [6.45, 7) is 24.4. The number of hydrogen-bond acceptors (Lipinski definition) is 3. The summed E-state index contributed by atoms with van der Waals surface area (Å²) < 4.78 is 4.75. The van der Waals surface area contributed by atoms with E-state index >= 15 is 0 Å². The van der Waals surface area contributed by atoms with Gasteiger partial charge < -0.3 is 9.57 Å². The molecule has 0 fully saturated rings. The molecule has 156 valence electrons. The highest BCUT2D eigenvalue weighted by Crippen LogP contribution is 2.08. The average molecular weight is 370 g/mol. The zero-order valence-electron chi connectivity index (χ0n) is 20.2. The molecule has 0 heterocycles. The third-order valence-electron chi connectivity index (χ3n) is 1.47. The van der Waals surface area contributed by atoms with Gasteiger partial charge in [0.25, 0.3) is 0 Å². The van der Waals surface area contributed by atoms with E-state index in [9.17, 15) is 0 Å². The summed E-state index contributed by atoms with van der Waals surface area (Å²) in [5, 5.41) is 3.54. The summed E-state index contributed by atoms with van der Waals surface area (Å²) in [4.78, 5) is 4.39. The fraction of sp³-hybridized carbons (Fsp3) is 0.783. The topological polar surface area (TPSA) is 30.8 Å². The van der Waals surface area contributed by atoms with Crippen molar-refractivity contribution in [3.05, 3.63) is 0 Å². The van der Waals surface area contributed by atoms with Crippen molar-refractivity contribution in [3.63, 3.8) is 0 Å². The van der Waals surface area contributed by atoms with Crippen LogP contribution in [0.5, 0.6) is 0 Å². The van der Waals surface area contributed by atoms with Crippen LogP contribution in [0.3, 0.4) is 0 Å². The number of oxime groups is 1. The lowest BCUT2D eigenvalue weighted by molar-refractivity contribution is 0.134. The highest BCUT2D eigenvalue weighted by Gasteiger charge is 2.05.